The van der Waals surface area contributed by atoms with E-state index in [1.165, 1.54) is 12.8 Å². The second-order valence-electron chi connectivity index (χ2n) is 2.06. The molecule has 48 valence electrons. The Hall–Kier alpha value is 0.270. The Labute approximate surface area is 53.2 Å². The third kappa shape index (κ3) is 1.37. The van der Waals surface area contributed by atoms with E-state index in [1.807, 2.05) is 4.31 Å². The van der Waals surface area contributed by atoms with Crippen LogP contribution in [0.2, 0.25) is 0 Å². The van der Waals surface area contributed by atoms with Crippen LogP contribution in [0.15, 0.2) is 0 Å². The molecule has 1 saturated heterocycles. The summed E-state index contributed by atoms with van der Waals surface area (Å²) in [5.74, 6) is 0. The zero-order valence-electron chi connectivity index (χ0n) is 5.09. The molecule has 1 atom stereocenters. The molecule has 0 radical (unpaired) electrons. The van der Waals surface area contributed by atoms with Crippen molar-refractivity contribution in [2.24, 2.45) is 0 Å². The van der Waals surface area contributed by atoms with E-state index < -0.39 is 11.4 Å². The summed E-state index contributed by atoms with van der Waals surface area (Å²) in [5.41, 5.74) is 0. The van der Waals surface area contributed by atoms with Gasteiger partial charge in [-0.05, 0) is 12.8 Å². The van der Waals surface area contributed by atoms with Crippen LogP contribution in [-0.4, -0.2) is 28.2 Å². The lowest BCUT2D eigenvalue weighted by atomic mass is 10.4. The second-order valence-corrected chi connectivity index (χ2v) is 3.42. The van der Waals surface area contributed by atoms with Crippen molar-refractivity contribution in [3.8, 4) is 0 Å². The molecule has 0 bridgehead atoms. The normalized spacial score (nSPS) is 26.2. The first-order valence-electron chi connectivity index (χ1n) is 2.89. The Bertz CT molecular complexity index is 70.8. The fourth-order valence-electron chi connectivity index (χ4n) is 0.945. The highest BCUT2D eigenvalue weighted by atomic mass is 32.2. The minimum Gasteiger partial charge on any atom is -0.598 e. The Morgan fingerprint density at radius 2 is 1.88 bits per heavy atom. The molecule has 0 aromatic rings. The van der Waals surface area contributed by atoms with Crippen molar-refractivity contribution in [1.29, 1.82) is 0 Å². The molecule has 0 aliphatic carbocycles. The van der Waals surface area contributed by atoms with Crippen LogP contribution >= 0.6 is 0 Å². The second kappa shape index (κ2) is 2.71. The van der Waals surface area contributed by atoms with Gasteiger partial charge in [-0.2, -0.15) is 0 Å². The maximum absolute atomic E-state index is 10.7. The quantitative estimate of drug-likeness (QED) is 0.483. The van der Waals surface area contributed by atoms with Crippen molar-refractivity contribution in [2.45, 2.75) is 12.8 Å². The Morgan fingerprint density at radius 1 is 1.38 bits per heavy atom. The summed E-state index contributed by atoms with van der Waals surface area (Å²) in [5, 5.41) is 0. The molecule has 0 N–H and O–H groups in total. The monoisotopic (exact) mass is 133 g/mol. The van der Waals surface area contributed by atoms with E-state index in [2.05, 4.69) is 0 Å². The number of nitrogens with zero attached hydrogens (tertiary/aromatic N) is 1. The van der Waals surface area contributed by atoms with Crippen molar-refractivity contribution < 1.29 is 4.55 Å². The van der Waals surface area contributed by atoms with Crippen molar-refractivity contribution >= 4 is 11.4 Å². The van der Waals surface area contributed by atoms with Gasteiger partial charge < -0.3 is 4.55 Å². The molecule has 0 saturated carbocycles. The van der Waals surface area contributed by atoms with E-state index in [9.17, 15) is 4.55 Å². The Morgan fingerprint density at radius 3 is 2.12 bits per heavy atom. The molecule has 1 fully saturated rings. The summed E-state index contributed by atoms with van der Waals surface area (Å²) in [6, 6.07) is 0. The van der Waals surface area contributed by atoms with Gasteiger partial charge in [-0.15, -0.1) is 4.31 Å². The van der Waals surface area contributed by atoms with E-state index in [0.717, 1.165) is 13.1 Å². The fourth-order valence-corrected chi connectivity index (χ4v) is 1.72. The summed E-state index contributed by atoms with van der Waals surface area (Å²) in [6.45, 7) is 2.06. The zero-order chi connectivity index (χ0) is 5.98. The molecule has 1 aliphatic heterocycles. The highest BCUT2D eigenvalue weighted by molar-refractivity contribution is 7.88. The average molecular weight is 133 g/mol. The van der Waals surface area contributed by atoms with Crippen LogP contribution in [0, 0.1) is 0 Å². The van der Waals surface area contributed by atoms with Gasteiger partial charge in [-0.1, -0.05) is 0 Å². The van der Waals surface area contributed by atoms with Gasteiger partial charge in [0.1, 0.15) is 6.26 Å². The van der Waals surface area contributed by atoms with Crippen LogP contribution in [0.5, 0.6) is 0 Å². The number of rotatable bonds is 1. The molecule has 1 rings (SSSR count). The number of hydrogen-bond donors (Lipinski definition) is 0. The SMILES string of the molecule is C[S+]([O-])N1CCCC1. The summed E-state index contributed by atoms with van der Waals surface area (Å²) in [4.78, 5) is 0. The van der Waals surface area contributed by atoms with Crippen molar-refractivity contribution in [2.75, 3.05) is 19.3 Å². The van der Waals surface area contributed by atoms with E-state index >= 15 is 0 Å². The van der Waals surface area contributed by atoms with E-state index in [0.29, 0.717) is 0 Å². The van der Waals surface area contributed by atoms with Gasteiger partial charge in [0.05, 0.1) is 0 Å². The minimum absolute atomic E-state index is 0.708. The van der Waals surface area contributed by atoms with E-state index in [4.69, 9.17) is 0 Å². The van der Waals surface area contributed by atoms with Crippen LogP contribution in [0.3, 0.4) is 0 Å². The maximum atomic E-state index is 10.7. The topological polar surface area (TPSA) is 26.3 Å². The average Bonchev–Trinajstić information content (AvgIpc) is 2.12. The molecule has 1 aliphatic rings. The predicted octanol–water partition coefficient (Wildman–Crippen LogP) is 0.376. The lowest BCUT2D eigenvalue weighted by Crippen LogP contribution is -2.26. The highest BCUT2D eigenvalue weighted by Gasteiger charge is 2.18. The molecule has 0 aromatic carbocycles. The molecule has 1 unspecified atom stereocenters. The van der Waals surface area contributed by atoms with E-state index in [-0.39, 0.29) is 0 Å². The largest absolute Gasteiger partial charge is 0.598 e. The van der Waals surface area contributed by atoms with Crippen LogP contribution in [0.1, 0.15) is 12.8 Å². The highest BCUT2D eigenvalue weighted by Crippen LogP contribution is 2.10. The smallest absolute Gasteiger partial charge is 0.115 e. The molecule has 0 spiro atoms. The van der Waals surface area contributed by atoms with Gasteiger partial charge >= 0.3 is 0 Å². The lowest BCUT2D eigenvalue weighted by molar-refractivity contribution is 0.482. The molecule has 1 heterocycles. The first-order valence-corrected chi connectivity index (χ1v) is 4.40. The van der Waals surface area contributed by atoms with Crippen molar-refractivity contribution in [1.82, 2.24) is 4.31 Å². The Balaban J connectivity index is 2.24. The van der Waals surface area contributed by atoms with Crippen molar-refractivity contribution in [3.05, 3.63) is 0 Å². The standard InChI is InChI=1S/C5H11NOS/c1-8(7)6-4-2-3-5-6/h2-5H2,1H3. The summed E-state index contributed by atoms with van der Waals surface area (Å²) >= 11 is -0.708. The van der Waals surface area contributed by atoms with Gasteiger partial charge in [0, 0.05) is 24.5 Å². The molecule has 0 aromatic heterocycles. The first kappa shape index (κ1) is 6.39. The summed E-state index contributed by atoms with van der Waals surface area (Å²) in [6.07, 6.45) is 4.19. The fraction of sp³-hybridized carbons (Fsp3) is 1.00. The lowest BCUT2D eigenvalue weighted by Gasteiger charge is -2.13. The zero-order valence-corrected chi connectivity index (χ0v) is 5.91. The minimum atomic E-state index is -0.708. The van der Waals surface area contributed by atoms with Gasteiger partial charge in [0.25, 0.3) is 0 Å². The van der Waals surface area contributed by atoms with E-state index in [1.54, 1.807) is 6.26 Å². The van der Waals surface area contributed by atoms with Crippen LogP contribution in [-0.2, 0) is 11.4 Å². The summed E-state index contributed by atoms with van der Waals surface area (Å²) in [7, 11) is 0. The Kier molecular flexibility index (Phi) is 2.16. The predicted molar refractivity (Wildman–Crippen MR) is 34.9 cm³/mol. The maximum Gasteiger partial charge on any atom is 0.115 e. The van der Waals surface area contributed by atoms with Gasteiger partial charge in [-0.25, -0.2) is 0 Å². The molecule has 8 heavy (non-hydrogen) atoms. The first-order chi connectivity index (χ1) is 3.80. The van der Waals surface area contributed by atoms with Gasteiger partial charge in [0.15, 0.2) is 0 Å². The molecule has 0 amide bonds. The van der Waals surface area contributed by atoms with Crippen LogP contribution in [0.4, 0.5) is 0 Å². The van der Waals surface area contributed by atoms with Crippen molar-refractivity contribution in [3.63, 3.8) is 0 Å². The summed E-state index contributed by atoms with van der Waals surface area (Å²) < 4.78 is 12.7. The molecule has 3 heteroatoms. The third-order valence-corrected chi connectivity index (χ3v) is 2.52. The molecular weight excluding hydrogens is 122 g/mol. The van der Waals surface area contributed by atoms with Crippen LogP contribution in [0.25, 0.3) is 0 Å². The molecule has 2 nitrogen and oxygen atoms in total. The van der Waals surface area contributed by atoms with Gasteiger partial charge in [0.2, 0.25) is 0 Å². The molecular formula is C5H11NOS. The van der Waals surface area contributed by atoms with Gasteiger partial charge in [-0.3, -0.25) is 0 Å². The van der Waals surface area contributed by atoms with Crippen LogP contribution < -0.4 is 0 Å². The third-order valence-electron chi connectivity index (χ3n) is 1.43. The number of hydrogen-bond acceptors (Lipinski definition) is 2.